The van der Waals surface area contributed by atoms with Gasteiger partial charge in [0.1, 0.15) is 0 Å². The largest absolute Gasteiger partial charge is 0.0622 e. The van der Waals surface area contributed by atoms with E-state index in [1.165, 1.54) is 49.6 Å². The van der Waals surface area contributed by atoms with Gasteiger partial charge in [-0.05, 0) is 71.3 Å². The van der Waals surface area contributed by atoms with E-state index in [4.69, 9.17) is 0 Å². The van der Waals surface area contributed by atoms with Crippen molar-refractivity contribution < 1.29 is 0 Å². The van der Waals surface area contributed by atoms with E-state index in [9.17, 15) is 0 Å². The molecule has 0 radical (unpaired) electrons. The third-order valence-electron chi connectivity index (χ3n) is 6.41. The van der Waals surface area contributed by atoms with E-state index in [0.29, 0.717) is 0 Å². The summed E-state index contributed by atoms with van der Waals surface area (Å²) < 4.78 is 0. The van der Waals surface area contributed by atoms with E-state index in [1.807, 2.05) is 0 Å². The molecule has 5 aromatic carbocycles. The molecule has 5 rings (SSSR count). The summed E-state index contributed by atoms with van der Waals surface area (Å²) in [7, 11) is -0.514. The highest BCUT2D eigenvalue weighted by molar-refractivity contribution is 7.72. The Kier molecular flexibility index (Phi) is 6.70. The summed E-state index contributed by atoms with van der Waals surface area (Å²) in [4.78, 5) is 0. The molecule has 166 valence electrons. The second-order valence-corrected chi connectivity index (χ2v) is 10.9. The lowest BCUT2D eigenvalue weighted by molar-refractivity contribution is 1.39. The minimum Gasteiger partial charge on any atom is -0.0622 e. The quantitative estimate of drug-likeness (QED) is 0.226. The average Bonchev–Trinajstić information content (AvgIpc) is 2.89. The zero-order valence-electron chi connectivity index (χ0n) is 19.8. The van der Waals surface area contributed by atoms with E-state index < -0.39 is 7.92 Å². The smallest absolute Gasteiger partial charge is 0.000785 e. The van der Waals surface area contributed by atoms with Gasteiger partial charge in [0.2, 0.25) is 0 Å². The summed E-state index contributed by atoms with van der Waals surface area (Å²) in [5.74, 6) is 0. The Hall–Kier alpha value is -3.47. The fourth-order valence-electron chi connectivity index (χ4n) is 4.63. The maximum atomic E-state index is 2.42. The van der Waals surface area contributed by atoms with Crippen LogP contribution >= 0.6 is 7.92 Å². The Morgan fingerprint density at radius 2 is 0.941 bits per heavy atom. The van der Waals surface area contributed by atoms with Gasteiger partial charge in [-0.15, -0.1) is 0 Å². The molecule has 5 aromatic rings. The lowest BCUT2D eigenvalue weighted by atomic mass is 9.93. The minimum absolute atomic E-state index is 0.514. The van der Waals surface area contributed by atoms with Crippen molar-refractivity contribution in [2.24, 2.45) is 0 Å². The van der Waals surface area contributed by atoms with Crippen molar-refractivity contribution >= 4 is 18.5 Å². The van der Waals surface area contributed by atoms with Gasteiger partial charge in [0.25, 0.3) is 0 Å². The van der Waals surface area contributed by atoms with Crippen molar-refractivity contribution in [1.29, 1.82) is 0 Å². The van der Waals surface area contributed by atoms with Gasteiger partial charge < -0.3 is 0 Å². The van der Waals surface area contributed by atoms with Crippen LogP contribution in [0.4, 0.5) is 0 Å². The summed E-state index contributed by atoms with van der Waals surface area (Å²) in [6, 6.07) is 46.4. The van der Waals surface area contributed by atoms with Crippen LogP contribution < -0.4 is 10.6 Å². The highest BCUT2D eigenvalue weighted by Crippen LogP contribution is 2.42. The second kappa shape index (κ2) is 10.2. The zero-order valence-corrected chi connectivity index (χ0v) is 20.7. The fraction of sp³-hybridized carbons (Fsp3) is 0.0909. The first-order valence-electron chi connectivity index (χ1n) is 11.8. The van der Waals surface area contributed by atoms with Crippen LogP contribution in [0, 0.1) is 13.8 Å². The van der Waals surface area contributed by atoms with Crippen LogP contribution in [0.3, 0.4) is 0 Å². The van der Waals surface area contributed by atoms with Gasteiger partial charge in [0.05, 0.1) is 0 Å². The van der Waals surface area contributed by atoms with Crippen molar-refractivity contribution in [2.75, 3.05) is 0 Å². The fourth-order valence-corrected chi connectivity index (χ4v) is 7.33. The Balaban J connectivity index is 1.62. The lowest BCUT2D eigenvalue weighted by Crippen LogP contribution is -2.17. The number of hydrogen-bond acceptors (Lipinski definition) is 0. The molecule has 0 nitrogen and oxygen atoms in total. The first kappa shape index (κ1) is 22.3. The predicted octanol–water partition coefficient (Wildman–Crippen LogP) is 8.27. The van der Waals surface area contributed by atoms with Gasteiger partial charge >= 0.3 is 0 Å². The van der Waals surface area contributed by atoms with Crippen LogP contribution in [0.15, 0.2) is 127 Å². The van der Waals surface area contributed by atoms with Crippen LogP contribution in [-0.2, 0) is 6.16 Å². The molecule has 0 aliphatic carbocycles. The summed E-state index contributed by atoms with van der Waals surface area (Å²) in [5, 5.41) is 2.94. The Morgan fingerprint density at radius 1 is 0.471 bits per heavy atom. The molecule has 0 unspecified atom stereocenters. The third-order valence-corrected chi connectivity index (χ3v) is 9.25. The molecule has 0 atom stereocenters. The summed E-state index contributed by atoms with van der Waals surface area (Å²) in [6.45, 7) is 4.49. The van der Waals surface area contributed by atoms with Crippen molar-refractivity contribution in [3.8, 4) is 22.3 Å². The molecular weight excluding hydrogens is 427 g/mol. The van der Waals surface area contributed by atoms with Crippen LogP contribution in [0.1, 0.15) is 16.7 Å². The molecule has 0 N–H and O–H groups in total. The standard InChI is InChI=1S/C33H29P/c1-25-13-9-11-19-32(25)34(33-20-12-10-14-26(33)2)24-27-21-22-30(28-15-5-3-6-16-28)31(23-27)29-17-7-4-8-18-29/h3-23H,24H2,1-2H3. The molecule has 0 aliphatic heterocycles. The van der Waals surface area contributed by atoms with Gasteiger partial charge in [-0.3, -0.25) is 0 Å². The topological polar surface area (TPSA) is 0 Å². The van der Waals surface area contributed by atoms with Gasteiger partial charge in [-0.2, -0.15) is 0 Å². The first-order valence-corrected chi connectivity index (χ1v) is 13.4. The van der Waals surface area contributed by atoms with E-state index in [1.54, 1.807) is 0 Å². The maximum absolute atomic E-state index is 2.42. The van der Waals surface area contributed by atoms with E-state index >= 15 is 0 Å². The molecule has 0 bridgehead atoms. The monoisotopic (exact) mass is 456 g/mol. The number of hydrogen-bond donors (Lipinski definition) is 0. The molecule has 0 saturated carbocycles. The van der Waals surface area contributed by atoms with Crippen molar-refractivity contribution in [3.63, 3.8) is 0 Å². The van der Waals surface area contributed by atoms with Gasteiger partial charge in [-0.1, -0.05) is 127 Å². The predicted molar refractivity (Wildman–Crippen MR) is 150 cm³/mol. The third kappa shape index (κ3) is 4.74. The first-order chi connectivity index (χ1) is 16.7. The van der Waals surface area contributed by atoms with Crippen LogP contribution in [0.2, 0.25) is 0 Å². The molecule has 0 fully saturated rings. The molecule has 34 heavy (non-hydrogen) atoms. The molecule has 0 heterocycles. The Bertz CT molecular complexity index is 1340. The Morgan fingerprint density at radius 3 is 1.47 bits per heavy atom. The normalized spacial score (nSPS) is 11.0. The van der Waals surface area contributed by atoms with Crippen molar-refractivity contribution in [2.45, 2.75) is 20.0 Å². The molecule has 0 aromatic heterocycles. The number of benzene rings is 5. The van der Waals surface area contributed by atoms with Crippen LogP contribution in [-0.4, -0.2) is 0 Å². The minimum atomic E-state index is -0.514. The van der Waals surface area contributed by atoms with Crippen LogP contribution in [0.5, 0.6) is 0 Å². The molecule has 0 amide bonds. The number of aryl methyl sites for hydroxylation is 2. The van der Waals surface area contributed by atoms with Gasteiger partial charge in [0.15, 0.2) is 0 Å². The summed E-state index contributed by atoms with van der Waals surface area (Å²) >= 11 is 0. The Labute approximate surface area is 204 Å². The van der Waals surface area contributed by atoms with Gasteiger partial charge in [0, 0.05) is 6.16 Å². The summed E-state index contributed by atoms with van der Waals surface area (Å²) in [5.41, 5.74) is 9.24. The highest BCUT2D eigenvalue weighted by atomic mass is 31.1. The maximum Gasteiger partial charge on any atom is 0.000785 e. The van der Waals surface area contributed by atoms with E-state index in [-0.39, 0.29) is 0 Å². The molecular formula is C33H29P. The molecule has 0 aliphatic rings. The highest BCUT2D eigenvalue weighted by Gasteiger charge is 2.19. The number of rotatable bonds is 6. The van der Waals surface area contributed by atoms with Gasteiger partial charge in [-0.25, -0.2) is 0 Å². The van der Waals surface area contributed by atoms with Crippen molar-refractivity contribution in [1.82, 2.24) is 0 Å². The SMILES string of the molecule is Cc1ccccc1P(Cc1ccc(-c2ccccc2)c(-c2ccccc2)c1)c1ccccc1C. The zero-order chi connectivity index (χ0) is 23.3. The lowest BCUT2D eigenvalue weighted by Gasteiger charge is -2.23. The van der Waals surface area contributed by atoms with E-state index in [2.05, 4.69) is 141 Å². The summed E-state index contributed by atoms with van der Waals surface area (Å²) in [6.07, 6.45) is 1.03. The second-order valence-electron chi connectivity index (χ2n) is 8.77. The molecule has 0 saturated heterocycles. The molecule has 1 heteroatoms. The van der Waals surface area contributed by atoms with Crippen molar-refractivity contribution in [3.05, 3.63) is 144 Å². The molecule has 0 spiro atoms. The van der Waals surface area contributed by atoms with E-state index in [0.717, 1.165) is 6.16 Å². The van der Waals surface area contributed by atoms with Crippen LogP contribution in [0.25, 0.3) is 22.3 Å². The average molecular weight is 457 g/mol.